The Kier molecular flexibility index (Phi) is 7.65. The number of hydrogen-bond donors (Lipinski definition) is 0. The van der Waals surface area contributed by atoms with Crippen molar-refractivity contribution in [3.63, 3.8) is 0 Å². The van der Waals surface area contributed by atoms with E-state index in [-0.39, 0.29) is 0 Å². The van der Waals surface area contributed by atoms with Gasteiger partial charge in [-0.15, -0.1) is 0 Å². The first-order chi connectivity index (χ1) is 10.8. The van der Waals surface area contributed by atoms with Crippen molar-refractivity contribution in [3.8, 4) is 0 Å². The molecule has 2 nitrogen and oxygen atoms in total. The summed E-state index contributed by atoms with van der Waals surface area (Å²) in [6, 6.07) is 5.68. The lowest BCUT2D eigenvalue weighted by Crippen LogP contribution is -1.93. The Balaban J connectivity index is 1.65. The first-order valence-electron chi connectivity index (χ1n) is 8.71. The summed E-state index contributed by atoms with van der Waals surface area (Å²) in [5.74, 6) is 0. The molecule has 0 N–H and O–H groups in total. The van der Waals surface area contributed by atoms with E-state index in [2.05, 4.69) is 16.9 Å². The Labute approximate surface area is 139 Å². The molecule has 0 unspecified atom stereocenters. The summed E-state index contributed by atoms with van der Waals surface area (Å²) in [5.41, 5.74) is 2.90. The standard InChI is InChI=1S/C19H27ClN2/c1-2-3-4-5-6-7-8-9-10-11-17-15-21-18-13-12-16(20)14-19(18)22-17/h12-15H,2-11H2,1H3. The zero-order valence-electron chi connectivity index (χ0n) is 13.7. The average Bonchev–Trinajstić information content (AvgIpc) is 2.53. The molecule has 1 heterocycles. The maximum absolute atomic E-state index is 6.01. The van der Waals surface area contributed by atoms with Crippen molar-refractivity contribution in [1.29, 1.82) is 0 Å². The highest BCUT2D eigenvalue weighted by Gasteiger charge is 2.01. The highest BCUT2D eigenvalue weighted by atomic mass is 35.5. The van der Waals surface area contributed by atoms with Crippen LogP contribution in [-0.4, -0.2) is 9.97 Å². The summed E-state index contributed by atoms with van der Waals surface area (Å²) < 4.78 is 0. The van der Waals surface area contributed by atoms with E-state index in [9.17, 15) is 0 Å². The zero-order valence-corrected chi connectivity index (χ0v) is 14.4. The number of nitrogens with zero attached hydrogens (tertiary/aromatic N) is 2. The Morgan fingerprint density at radius 3 is 2.27 bits per heavy atom. The highest BCUT2D eigenvalue weighted by molar-refractivity contribution is 6.31. The molecule has 0 saturated carbocycles. The van der Waals surface area contributed by atoms with Gasteiger partial charge in [-0.25, -0.2) is 4.98 Å². The largest absolute Gasteiger partial charge is 0.253 e. The van der Waals surface area contributed by atoms with Gasteiger partial charge in [0.1, 0.15) is 0 Å². The van der Waals surface area contributed by atoms with E-state index in [0.29, 0.717) is 0 Å². The third kappa shape index (κ3) is 5.92. The second kappa shape index (κ2) is 9.78. The van der Waals surface area contributed by atoms with E-state index in [0.717, 1.165) is 28.2 Å². The van der Waals surface area contributed by atoms with Crippen LogP contribution < -0.4 is 0 Å². The number of benzene rings is 1. The van der Waals surface area contributed by atoms with Crippen molar-refractivity contribution in [1.82, 2.24) is 9.97 Å². The molecule has 3 heteroatoms. The fourth-order valence-corrected chi connectivity index (χ4v) is 2.93. The van der Waals surface area contributed by atoms with Crippen LogP contribution in [0.4, 0.5) is 0 Å². The van der Waals surface area contributed by atoms with Crippen LogP contribution in [-0.2, 0) is 6.42 Å². The summed E-state index contributed by atoms with van der Waals surface area (Å²) in [6.07, 6.45) is 15.1. The molecule has 0 radical (unpaired) electrons. The molecule has 0 spiro atoms. The summed E-state index contributed by atoms with van der Waals surface area (Å²) in [4.78, 5) is 9.11. The van der Waals surface area contributed by atoms with Gasteiger partial charge in [0.2, 0.25) is 0 Å². The van der Waals surface area contributed by atoms with Crippen LogP contribution in [0.1, 0.15) is 70.4 Å². The fraction of sp³-hybridized carbons (Fsp3) is 0.579. The Morgan fingerprint density at radius 1 is 0.864 bits per heavy atom. The van der Waals surface area contributed by atoms with Gasteiger partial charge < -0.3 is 0 Å². The second-order valence-electron chi connectivity index (χ2n) is 6.07. The van der Waals surface area contributed by atoms with Gasteiger partial charge in [-0.1, -0.05) is 69.9 Å². The van der Waals surface area contributed by atoms with Crippen molar-refractivity contribution in [2.45, 2.75) is 71.1 Å². The molecular weight excluding hydrogens is 292 g/mol. The van der Waals surface area contributed by atoms with Gasteiger partial charge in [-0.3, -0.25) is 4.98 Å². The maximum Gasteiger partial charge on any atom is 0.0904 e. The Bertz CT molecular complexity index is 568. The first kappa shape index (κ1) is 17.2. The van der Waals surface area contributed by atoms with Crippen molar-refractivity contribution in [3.05, 3.63) is 35.1 Å². The molecule has 2 aromatic rings. The third-order valence-electron chi connectivity index (χ3n) is 4.09. The molecule has 0 fully saturated rings. The summed E-state index contributed by atoms with van der Waals surface area (Å²) >= 11 is 6.01. The van der Waals surface area contributed by atoms with Crippen LogP contribution in [0, 0.1) is 0 Å². The number of fused-ring (bicyclic) bond motifs is 1. The van der Waals surface area contributed by atoms with Crippen LogP contribution in [0.15, 0.2) is 24.4 Å². The third-order valence-corrected chi connectivity index (χ3v) is 4.33. The number of hydrogen-bond acceptors (Lipinski definition) is 2. The van der Waals surface area contributed by atoms with Crippen molar-refractivity contribution < 1.29 is 0 Å². The molecule has 0 aliphatic carbocycles. The van der Waals surface area contributed by atoms with Crippen molar-refractivity contribution >= 4 is 22.6 Å². The monoisotopic (exact) mass is 318 g/mol. The van der Waals surface area contributed by atoms with Crippen LogP contribution in [0.25, 0.3) is 11.0 Å². The van der Waals surface area contributed by atoms with Gasteiger partial charge in [0.25, 0.3) is 0 Å². The van der Waals surface area contributed by atoms with E-state index in [4.69, 9.17) is 11.6 Å². The minimum absolute atomic E-state index is 0.724. The molecule has 0 bridgehead atoms. The number of rotatable bonds is 10. The molecule has 1 aromatic carbocycles. The topological polar surface area (TPSA) is 25.8 Å². The van der Waals surface area contributed by atoms with Crippen molar-refractivity contribution in [2.24, 2.45) is 0 Å². The minimum Gasteiger partial charge on any atom is -0.253 e. The Morgan fingerprint density at radius 2 is 1.55 bits per heavy atom. The number of unbranched alkanes of at least 4 members (excludes halogenated alkanes) is 8. The van der Waals surface area contributed by atoms with Gasteiger partial charge in [-0.05, 0) is 31.0 Å². The summed E-state index contributed by atoms with van der Waals surface area (Å²) in [7, 11) is 0. The number of aryl methyl sites for hydroxylation is 1. The molecule has 22 heavy (non-hydrogen) atoms. The lowest BCUT2D eigenvalue weighted by Gasteiger charge is -2.04. The lowest BCUT2D eigenvalue weighted by molar-refractivity contribution is 0.563. The van der Waals surface area contributed by atoms with E-state index >= 15 is 0 Å². The normalized spacial score (nSPS) is 11.2. The molecule has 0 amide bonds. The number of aromatic nitrogens is 2. The number of halogens is 1. The van der Waals surface area contributed by atoms with Gasteiger partial charge in [0.05, 0.1) is 16.7 Å². The molecule has 120 valence electrons. The molecule has 0 aliphatic rings. The predicted molar refractivity (Wildman–Crippen MR) is 95.5 cm³/mol. The maximum atomic E-state index is 6.01. The Hall–Kier alpha value is -1.15. The highest BCUT2D eigenvalue weighted by Crippen LogP contribution is 2.17. The predicted octanol–water partition coefficient (Wildman–Crippen LogP) is 6.36. The van der Waals surface area contributed by atoms with E-state index in [1.165, 1.54) is 57.8 Å². The lowest BCUT2D eigenvalue weighted by atomic mass is 10.1. The fourth-order valence-electron chi connectivity index (χ4n) is 2.76. The van der Waals surface area contributed by atoms with Gasteiger partial charge in [0, 0.05) is 11.2 Å². The quantitative estimate of drug-likeness (QED) is 0.476. The molecule has 0 aliphatic heterocycles. The molecule has 1 aromatic heterocycles. The first-order valence-corrected chi connectivity index (χ1v) is 9.08. The van der Waals surface area contributed by atoms with Gasteiger partial charge >= 0.3 is 0 Å². The zero-order chi connectivity index (χ0) is 15.6. The molecule has 0 saturated heterocycles. The van der Waals surface area contributed by atoms with Crippen LogP contribution in [0.5, 0.6) is 0 Å². The van der Waals surface area contributed by atoms with E-state index < -0.39 is 0 Å². The van der Waals surface area contributed by atoms with Crippen LogP contribution in [0.2, 0.25) is 5.02 Å². The van der Waals surface area contributed by atoms with Gasteiger partial charge in [0.15, 0.2) is 0 Å². The molecule has 0 atom stereocenters. The SMILES string of the molecule is CCCCCCCCCCCc1cnc2ccc(Cl)cc2n1. The summed E-state index contributed by atoms with van der Waals surface area (Å²) in [6.45, 7) is 2.27. The molecule has 2 rings (SSSR count). The molecular formula is C19H27ClN2. The minimum atomic E-state index is 0.724. The van der Waals surface area contributed by atoms with E-state index in [1.54, 1.807) is 0 Å². The average molecular weight is 319 g/mol. The summed E-state index contributed by atoms with van der Waals surface area (Å²) in [5, 5.41) is 0.724. The van der Waals surface area contributed by atoms with Gasteiger partial charge in [-0.2, -0.15) is 0 Å². The van der Waals surface area contributed by atoms with E-state index in [1.807, 2.05) is 24.4 Å². The van der Waals surface area contributed by atoms with Crippen LogP contribution in [0.3, 0.4) is 0 Å². The van der Waals surface area contributed by atoms with Crippen molar-refractivity contribution in [2.75, 3.05) is 0 Å². The van der Waals surface area contributed by atoms with Crippen LogP contribution >= 0.6 is 11.6 Å². The second-order valence-corrected chi connectivity index (χ2v) is 6.51. The smallest absolute Gasteiger partial charge is 0.0904 e.